The van der Waals surface area contributed by atoms with Crippen LogP contribution < -0.4 is 5.32 Å². The Morgan fingerprint density at radius 2 is 1.94 bits per heavy atom. The van der Waals surface area contributed by atoms with Crippen molar-refractivity contribution >= 4 is 30.1 Å². The molecule has 0 radical (unpaired) electrons. The van der Waals surface area contributed by atoms with Gasteiger partial charge in [0.1, 0.15) is 0 Å². The highest BCUT2D eigenvalue weighted by atomic mass is 35.5. The monoisotopic (exact) mass is 286 g/mol. The molecule has 1 saturated heterocycles. The zero-order valence-electron chi connectivity index (χ0n) is 10.5. The first-order chi connectivity index (χ1) is 8.31. The van der Waals surface area contributed by atoms with E-state index in [0.717, 1.165) is 38.2 Å². The van der Waals surface area contributed by atoms with Crippen molar-refractivity contribution in [1.29, 1.82) is 0 Å². The van der Waals surface area contributed by atoms with Crippen LogP contribution in [0, 0.1) is 0 Å². The first kappa shape index (κ1) is 15.3. The highest BCUT2D eigenvalue weighted by molar-refractivity contribution is 7.98. The molecule has 1 amide bonds. The number of carbonyl (C=O) groups is 1. The summed E-state index contributed by atoms with van der Waals surface area (Å²) in [4.78, 5) is 15.4. The number of thioether (sulfide) groups is 1. The van der Waals surface area contributed by atoms with E-state index in [2.05, 4.69) is 5.32 Å². The molecule has 0 aliphatic carbocycles. The molecule has 0 aromatic heterocycles. The Morgan fingerprint density at radius 3 is 2.61 bits per heavy atom. The number of amides is 1. The summed E-state index contributed by atoms with van der Waals surface area (Å²) in [6, 6.07) is 7.86. The Balaban J connectivity index is 0.00000162. The number of halogens is 1. The van der Waals surface area contributed by atoms with Gasteiger partial charge in [0, 0.05) is 30.1 Å². The number of nitrogens with zero attached hydrogens (tertiary/aromatic N) is 1. The Labute approximate surface area is 119 Å². The minimum absolute atomic E-state index is 0. The SMILES string of the molecule is CSc1ccc(C(=O)N2CCCNCC2)cc1.Cl. The van der Waals surface area contributed by atoms with E-state index in [1.807, 2.05) is 35.4 Å². The maximum absolute atomic E-state index is 12.2. The third kappa shape index (κ3) is 3.90. The fourth-order valence-corrected chi connectivity index (χ4v) is 2.37. The number of benzene rings is 1. The van der Waals surface area contributed by atoms with Gasteiger partial charge in [0.2, 0.25) is 0 Å². The molecular weight excluding hydrogens is 268 g/mol. The van der Waals surface area contributed by atoms with E-state index in [1.54, 1.807) is 11.8 Å². The average Bonchev–Trinajstić information content (AvgIpc) is 2.67. The van der Waals surface area contributed by atoms with Crippen LogP contribution in [0.4, 0.5) is 0 Å². The molecule has 1 aromatic carbocycles. The van der Waals surface area contributed by atoms with Gasteiger partial charge in [-0.05, 0) is 43.5 Å². The normalized spacial score (nSPS) is 15.7. The number of hydrogen-bond acceptors (Lipinski definition) is 3. The molecule has 0 unspecified atom stereocenters. The van der Waals surface area contributed by atoms with Crippen molar-refractivity contribution in [2.24, 2.45) is 0 Å². The molecule has 3 nitrogen and oxygen atoms in total. The molecule has 5 heteroatoms. The van der Waals surface area contributed by atoms with Crippen LogP contribution in [0.15, 0.2) is 29.2 Å². The highest BCUT2D eigenvalue weighted by Gasteiger charge is 2.16. The summed E-state index contributed by atoms with van der Waals surface area (Å²) in [5, 5.41) is 3.30. The molecule has 18 heavy (non-hydrogen) atoms. The summed E-state index contributed by atoms with van der Waals surface area (Å²) in [6.45, 7) is 3.57. The Hall–Kier alpha value is -0.710. The smallest absolute Gasteiger partial charge is 0.253 e. The second-order valence-electron chi connectivity index (χ2n) is 4.12. The standard InChI is InChI=1S/C13H18N2OS.ClH/c1-17-12-5-3-11(4-6-12)13(16)15-9-2-7-14-8-10-15;/h3-6,14H,2,7-10H2,1H3;1H. The van der Waals surface area contributed by atoms with E-state index in [0.29, 0.717) is 0 Å². The first-order valence-corrected chi connectivity index (χ1v) is 7.18. The maximum atomic E-state index is 12.2. The zero-order valence-corrected chi connectivity index (χ0v) is 12.1. The summed E-state index contributed by atoms with van der Waals surface area (Å²) in [6.07, 6.45) is 3.08. The minimum Gasteiger partial charge on any atom is -0.337 e. The maximum Gasteiger partial charge on any atom is 0.253 e. The third-order valence-electron chi connectivity index (χ3n) is 2.96. The van der Waals surface area contributed by atoms with Crippen LogP contribution in [0.25, 0.3) is 0 Å². The van der Waals surface area contributed by atoms with Crippen LogP contribution in [-0.4, -0.2) is 43.2 Å². The Bertz CT molecular complexity index is 375. The van der Waals surface area contributed by atoms with Crippen LogP contribution in [-0.2, 0) is 0 Å². The van der Waals surface area contributed by atoms with Crippen molar-refractivity contribution < 1.29 is 4.79 Å². The molecule has 1 aliphatic rings. The highest BCUT2D eigenvalue weighted by Crippen LogP contribution is 2.16. The van der Waals surface area contributed by atoms with E-state index in [1.165, 1.54) is 4.90 Å². The lowest BCUT2D eigenvalue weighted by Gasteiger charge is -2.20. The van der Waals surface area contributed by atoms with Gasteiger partial charge in [-0.3, -0.25) is 4.79 Å². The lowest BCUT2D eigenvalue weighted by molar-refractivity contribution is 0.0766. The number of rotatable bonds is 2. The summed E-state index contributed by atoms with van der Waals surface area (Å²) in [7, 11) is 0. The van der Waals surface area contributed by atoms with Crippen LogP contribution in [0.3, 0.4) is 0 Å². The molecule has 100 valence electrons. The molecule has 0 atom stereocenters. The molecule has 1 heterocycles. The van der Waals surface area contributed by atoms with E-state index in [4.69, 9.17) is 0 Å². The minimum atomic E-state index is 0. The van der Waals surface area contributed by atoms with Gasteiger partial charge in [-0.25, -0.2) is 0 Å². The lowest BCUT2D eigenvalue weighted by atomic mass is 10.2. The fourth-order valence-electron chi connectivity index (χ4n) is 1.96. The molecular formula is C13H19ClN2OS. The van der Waals surface area contributed by atoms with Crippen LogP contribution >= 0.6 is 24.2 Å². The molecule has 1 N–H and O–H groups in total. The third-order valence-corrected chi connectivity index (χ3v) is 3.71. The summed E-state index contributed by atoms with van der Waals surface area (Å²) >= 11 is 1.69. The first-order valence-electron chi connectivity index (χ1n) is 5.95. The molecule has 0 bridgehead atoms. The van der Waals surface area contributed by atoms with Gasteiger partial charge >= 0.3 is 0 Å². The van der Waals surface area contributed by atoms with Gasteiger partial charge in [0.05, 0.1) is 0 Å². The summed E-state index contributed by atoms with van der Waals surface area (Å²) in [5.41, 5.74) is 0.796. The largest absolute Gasteiger partial charge is 0.337 e. The van der Waals surface area contributed by atoms with Crippen molar-refractivity contribution in [3.05, 3.63) is 29.8 Å². The van der Waals surface area contributed by atoms with Gasteiger partial charge in [-0.2, -0.15) is 0 Å². The van der Waals surface area contributed by atoms with Gasteiger partial charge in [0.25, 0.3) is 5.91 Å². The predicted octanol–water partition coefficient (Wildman–Crippen LogP) is 2.27. The van der Waals surface area contributed by atoms with E-state index >= 15 is 0 Å². The van der Waals surface area contributed by atoms with E-state index in [-0.39, 0.29) is 18.3 Å². The van der Waals surface area contributed by atoms with E-state index in [9.17, 15) is 4.79 Å². The summed E-state index contributed by atoms with van der Waals surface area (Å²) in [5.74, 6) is 0.154. The molecule has 2 rings (SSSR count). The molecule has 1 aromatic rings. The number of hydrogen-bond donors (Lipinski definition) is 1. The fraction of sp³-hybridized carbons (Fsp3) is 0.462. The van der Waals surface area contributed by atoms with Crippen LogP contribution in [0.5, 0.6) is 0 Å². The summed E-state index contributed by atoms with van der Waals surface area (Å²) < 4.78 is 0. The van der Waals surface area contributed by atoms with Crippen molar-refractivity contribution in [3.63, 3.8) is 0 Å². The molecule has 1 fully saturated rings. The second-order valence-corrected chi connectivity index (χ2v) is 5.00. The van der Waals surface area contributed by atoms with Crippen molar-refractivity contribution in [1.82, 2.24) is 10.2 Å². The molecule has 0 spiro atoms. The zero-order chi connectivity index (χ0) is 12.1. The number of nitrogens with one attached hydrogen (secondary N) is 1. The van der Waals surface area contributed by atoms with Gasteiger partial charge in [0.15, 0.2) is 0 Å². The quantitative estimate of drug-likeness (QED) is 0.847. The Morgan fingerprint density at radius 1 is 1.22 bits per heavy atom. The van der Waals surface area contributed by atoms with Crippen LogP contribution in [0.2, 0.25) is 0 Å². The molecule has 0 saturated carbocycles. The number of carbonyl (C=O) groups excluding carboxylic acids is 1. The average molecular weight is 287 g/mol. The predicted molar refractivity (Wildman–Crippen MR) is 78.9 cm³/mol. The van der Waals surface area contributed by atoms with E-state index < -0.39 is 0 Å². The van der Waals surface area contributed by atoms with Crippen LogP contribution in [0.1, 0.15) is 16.8 Å². The van der Waals surface area contributed by atoms with Gasteiger partial charge < -0.3 is 10.2 Å². The van der Waals surface area contributed by atoms with Crippen molar-refractivity contribution in [2.75, 3.05) is 32.4 Å². The lowest BCUT2D eigenvalue weighted by Crippen LogP contribution is -2.34. The second kappa shape index (κ2) is 7.67. The van der Waals surface area contributed by atoms with Gasteiger partial charge in [-0.1, -0.05) is 0 Å². The van der Waals surface area contributed by atoms with Gasteiger partial charge in [-0.15, -0.1) is 24.2 Å². The topological polar surface area (TPSA) is 32.3 Å². The van der Waals surface area contributed by atoms with Crippen molar-refractivity contribution in [3.8, 4) is 0 Å². The van der Waals surface area contributed by atoms with Crippen molar-refractivity contribution in [2.45, 2.75) is 11.3 Å². The molecule has 1 aliphatic heterocycles. The Kier molecular flexibility index (Phi) is 6.54.